The minimum atomic E-state index is -0.321. The Kier molecular flexibility index (Phi) is 11.2. The summed E-state index contributed by atoms with van der Waals surface area (Å²) in [4.78, 5) is 10.7. The summed E-state index contributed by atoms with van der Waals surface area (Å²) in [6, 6.07) is 1.26. The summed E-state index contributed by atoms with van der Waals surface area (Å²) in [5, 5.41) is 0. The van der Waals surface area contributed by atoms with Gasteiger partial charge in [0.15, 0.2) is 0 Å². The van der Waals surface area contributed by atoms with Gasteiger partial charge in [-0.2, -0.15) is 0 Å². The average molecular weight is 356 g/mol. The van der Waals surface area contributed by atoms with Crippen molar-refractivity contribution < 1.29 is 9.53 Å². The molecule has 0 fully saturated rings. The van der Waals surface area contributed by atoms with E-state index in [4.69, 9.17) is 4.74 Å². The lowest BCUT2D eigenvalue weighted by molar-refractivity contribution is -0.137. The molecule has 5 heteroatoms. The van der Waals surface area contributed by atoms with Crippen molar-refractivity contribution in [3.63, 3.8) is 0 Å². The summed E-state index contributed by atoms with van der Waals surface area (Å²) in [5.74, 6) is -0.321. The minimum Gasteiger partial charge on any atom is -0.463 e. The maximum Gasteiger partial charge on any atom is 0.330 e. The third kappa shape index (κ3) is 12.3. The Morgan fingerprint density at radius 3 is 2.60 bits per heavy atom. The highest BCUT2D eigenvalue weighted by Crippen LogP contribution is 2.10. The van der Waals surface area contributed by atoms with Crippen LogP contribution in [0.15, 0.2) is 12.7 Å². The van der Waals surface area contributed by atoms with Crippen LogP contribution in [-0.4, -0.2) is 25.5 Å². The van der Waals surface area contributed by atoms with Gasteiger partial charge in [0.25, 0.3) is 0 Å². The van der Waals surface area contributed by atoms with Crippen LogP contribution < -0.4 is 0 Å². The van der Waals surface area contributed by atoms with E-state index >= 15 is 0 Å². The smallest absolute Gasteiger partial charge is 0.330 e. The first-order valence-corrected chi connectivity index (χ1v) is 8.09. The Bertz CT molecular complexity index is 186. The maximum atomic E-state index is 10.7. The monoisotopic (exact) mass is 354 g/mol. The molecule has 0 saturated heterocycles. The molecular weight excluding hydrogens is 340 g/mol. The quantitative estimate of drug-likeness (QED) is 0.208. The van der Waals surface area contributed by atoms with Gasteiger partial charge in [0.1, 0.15) is 0 Å². The second-order valence-corrected chi connectivity index (χ2v) is 9.28. The van der Waals surface area contributed by atoms with Crippen molar-refractivity contribution in [2.45, 2.75) is 35.1 Å². The lowest BCUT2D eigenvalue weighted by atomic mass is 10.2. The van der Waals surface area contributed by atoms with Crippen LogP contribution in [-0.2, 0) is 9.53 Å². The number of esters is 1. The molecule has 0 aliphatic carbocycles. The lowest BCUT2D eigenvalue weighted by Crippen LogP contribution is -2.02. The summed E-state index contributed by atoms with van der Waals surface area (Å²) in [7, 11) is 0.931. The van der Waals surface area contributed by atoms with Gasteiger partial charge in [-0.15, -0.1) is 0 Å². The summed E-state index contributed by atoms with van der Waals surface area (Å²) < 4.78 is 5.34. The van der Waals surface area contributed by atoms with Crippen LogP contribution in [0.1, 0.15) is 25.7 Å². The Labute approximate surface area is 111 Å². The number of halogens is 2. The number of ether oxygens (including phenoxy) is 1. The Balaban J connectivity index is 3.05. The van der Waals surface area contributed by atoms with E-state index in [-0.39, 0.29) is 5.97 Å². The first-order valence-electron chi connectivity index (χ1n) is 4.97. The normalized spacial score (nSPS) is 10.3. The second kappa shape index (κ2) is 10.9. The average Bonchev–Trinajstić information content (AvgIpc) is 2.21. The fraction of sp³-hybridized carbons (Fsp3) is 0.700. The van der Waals surface area contributed by atoms with E-state index in [2.05, 4.69) is 38.4 Å². The molecule has 0 rings (SSSR count). The molecule has 0 spiro atoms. The lowest BCUT2D eigenvalue weighted by Gasteiger charge is -2.02. The molecule has 0 unspecified atom stereocenters. The van der Waals surface area contributed by atoms with Gasteiger partial charge < -0.3 is 4.74 Å². The van der Waals surface area contributed by atoms with Crippen molar-refractivity contribution in [1.82, 2.24) is 0 Å². The molecule has 15 heavy (non-hydrogen) atoms. The fourth-order valence-electron chi connectivity index (χ4n) is 1.02. The van der Waals surface area contributed by atoms with Crippen molar-refractivity contribution in [3.8, 4) is 0 Å². The van der Waals surface area contributed by atoms with Crippen LogP contribution in [0.3, 0.4) is 0 Å². The van der Waals surface area contributed by atoms with Crippen LogP contribution in [0, 0.1) is 0 Å². The molecule has 0 N–H and O–H groups in total. The summed E-state index contributed by atoms with van der Waals surface area (Å²) in [5.41, 5.74) is 0. The maximum absolute atomic E-state index is 10.7. The molecule has 86 valence electrons. The molecule has 0 aromatic rings. The van der Waals surface area contributed by atoms with Crippen LogP contribution in [0.2, 0.25) is 6.04 Å². The van der Waals surface area contributed by atoms with E-state index in [1.807, 2.05) is 0 Å². The highest BCUT2D eigenvalue weighted by Gasteiger charge is 1.99. The SMILES string of the molecule is C=CC(=O)OCCCCCC[Si]C(Br)Br. The molecule has 0 bridgehead atoms. The van der Waals surface area contributed by atoms with Gasteiger partial charge in [0.05, 0.1) is 19.5 Å². The third-order valence-electron chi connectivity index (χ3n) is 1.78. The van der Waals surface area contributed by atoms with E-state index in [9.17, 15) is 4.79 Å². The zero-order chi connectivity index (χ0) is 11.5. The van der Waals surface area contributed by atoms with Gasteiger partial charge in [-0.05, 0) is 6.42 Å². The zero-order valence-electron chi connectivity index (χ0n) is 8.68. The number of carbonyl (C=O) groups is 1. The van der Waals surface area contributed by atoms with E-state index in [0.29, 0.717) is 9.97 Å². The van der Waals surface area contributed by atoms with Crippen LogP contribution >= 0.6 is 31.9 Å². The molecule has 0 aliphatic rings. The molecule has 0 aromatic heterocycles. The number of rotatable bonds is 9. The number of unbranched alkanes of at least 4 members (excludes halogenated alkanes) is 3. The van der Waals surface area contributed by atoms with E-state index in [1.165, 1.54) is 25.0 Å². The van der Waals surface area contributed by atoms with Crippen molar-refractivity contribution in [2.75, 3.05) is 6.61 Å². The van der Waals surface area contributed by atoms with Crippen molar-refractivity contribution in [1.29, 1.82) is 0 Å². The molecule has 0 heterocycles. The molecule has 0 saturated carbocycles. The molecule has 0 amide bonds. The Morgan fingerprint density at radius 2 is 2.00 bits per heavy atom. The topological polar surface area (TPSA) is 26.3 Å². The van der Waals surface area contributed by atoms with Gasteiger partial charge in [-0.25, -0.2) is 4.79 Å². The predicted octanol–water partition coefficient (Wildman–Crippen LogP) is 3.47. The van der Waals surface area contributed by atoms with Gasteiger partial charge >= 0.3 is 5.97 Å². The van der Waals surface area contributed by atoms with Crippen LogP contribution in [0.25, 0.3) is 0 Å². The predicted molar refractivity (Wildman–Crippen MR) is 71.8 cm³/mol. The van der Waals surface area contributed by atoms with Gasteiger partial charge in [0, 0.05) is 6.08 Å². The molecule has 0 aliphatic heterocycles. The fourth-order valence-corrected chi connectivity index (χ4v) is 3.07. The first-order chi connectivity index (χ1) is 7.16. The highest BCUT2D eigenvalue weighted by molar-refractivity contribution is 9.25. The summed E-state index contributed by atoms with van der Waals surface area (Å²) >= 11 is 6.91. The number of alkyl halides is 2. The van der Waals surface area contributed by atoms with E-state index < -0.39 is 0 Å². The Hall–Kier alpha value is 0.387. The van der Waals surface area contributed by atoms with Gasteiger partial charge in [-0.1, -0.05) is 63.7 Å². The molecule has 0 aromatic carbocycles. The van der Waals surface area contributed by atoms with Crippen LogP contribution in [0.5, 0.6) is 0 Å². The second-order valence-electron chi connectivity index (χ2n) is 3.04. The molecular formula is C10H16Br2O2Si. The summed E-state index contributed by atoms with van der Waals surface area (Å²) in [6.07, 6.45) is 5.75. The van der Waals surface area contributed by atoms with E-state index in [0.717, 1.165) is 22.4 Å². The molecule has 2 radical (unpaired) electrons. The number of carbonyl (C=O) groups excluding carboxylic acids is 1. The number of hydrogen-bond donors (Lipinski definition) is 0. The minimum absolute atomic E-state index is 0.321. The van der Waals surface area contributed by atoms with Gasteiger partial charge in [0.2, 0.25) is 0 Å². The molecule has 0 atom stereocenters. The largest absolute Gasteiger partial charge is 0.463 e. The van der Waals surface area contributed by atoms with Crippen LogP contribution in [0.4, 0.5) is 0 Å². The zero-order valence-corrected chi connectivity index (χ0v) is 12.8. The standard InChI is InChI=1S/C10H16Br2O2Si/c1-2-9(13)14-7-5-3-4-6-8-15-10(11)12/h2,10H,1,3-8H2. The first kappa shape index (κ1) is 15.4. The van der Waals surface area contributed by atoms with Crippen molar-refractivity contribution in [2.24, 2.45) is 0 Å². The number of hydrogen-bond acceptors (Lipinski definition) is 2. The van der Waals surface area contributed by atoms with E-state index in [1.54, 1.807) is 0 Å². The summed E-state index contributed by atoms with van der Waals surface area (Å²) in [6.45, 7) is 3.85. The Morgan fingerprint density at radius 1 is 1.33 bits per heavy atom. The highest BCUT2D eigenvalue weighted by atomic mass is 79.9. The van der Waals surface area contributed by atoms with Crippen molar-refractivity contribution >= 4 is 47.3 Å². The van der Waals surface area contributed by atoms with Gasteiger partial charge in [-0.3, -0.25) is 0 Å². The third-order valence-corrected chi connectivity index (χ3v) is 4.67. The molecule has 2 nitrogen and oxygen atoms in total. The van der Waals surface area contributed by atoms with Crippen molar-refractivity contribution in [3.05, 3.63) is 12.7 Å².